The Morgan fingerprint density at radius 1 is 1.25 bits per heavy atom. The van der Waals surface area contributed by atoms with Crippen molar-refractivity contribution in [3.8, 4) is 0 Å². The first kappa shape index (κ1) is 17.0. The van der Waals surface area contributed by atoms with Crippen molar-refractivity contribution in [1.29, 1.82) is 0 Å². The minimum atomic E-state index is -0.855. The molecule has 2 heterocycles. The lowest BCUT2D eigenvalue weighted by atomic mass is 9.84. The molecule has 6 nitrogen and oxygen atoms in total. The van der Waals surface area contributed by atoms with Crippen LogP contribution in [0.25, 0.3) is 0 Å². The van der Waals surface area contributed by atoms with Gasteiger partial charge in [-0.05, 0) is 51.0 Å². The van der Waals surface area contributed by atoms with Crippen LogP contribution in [0.15, 0.2) is 0 Å². The predicted molar refractivity (Wildman–Crippen MR) is 89.6 cm³/mol. The molecular weight excluding hydrogens is 306 g/mol. The van der Waals surface area contributed by atoms with Crippen LogP contribution < -0.4 is 0 Å². The van der Waals surface area contributed by atoms with Gasteiger partial charge in [0.15, 0.2) is 0 Å². The molecule has 1 amide bonds. The van der Waals surface area contributed by atoms with E-state index < -0.39 is 12.0 Å². The molecule has 1 aliphatic heterocycles. The lowest BCUT2D eigenvalue weighted by Crippen LogP contribution is -2.46. The van der Waals surface area contributed by atoms with Crippen molar-refractivity contribution in [2.24, 2.45) is 13.0 Å². The van der Waals surface area contributed by atoms with Crippen LogP contribution in [0.5, 0.6) is 0 Å². The monoisotopic (exact) mass is 333 g/mol. The Kier molecular flexibility index (Phi) is 4.65. The van der Waals surface area contributed by atoms with Gasteiger partial charge >= 0.3 is 5.97 Å². The number of likely N-dealkylation sites (tertiary alicyclic amines) is 1. The summed E-state index contributed by atoms with van der Waals surface area (Å²) >= 11 is 0. The normalized spacial score (nSPS) is 26.5. The number of hydrogen-bond donors (Lipinski definition) is 1. The molecule has 0 bridgehead atoms. The quantitative estimate of drug-likeness (QED) is 0.917. The number of aliphatic carboxylic acids is 1. The molecule has 1 saturated carbocycles. The largest absolute Gasteiger partial charge is 0.480 e. The van der Waals surface area contributed by atoms with E-state index in [2.05, 4.69) is 5.10 Å². The smallest absolute Gasteiger partial charge is 0.326 e. The molecule has 1 aliphatic carbocycles. The van der Waals surface area contributed by atoms with Gasteiger partial charge in [0.2, 0.25) is 5.91 Å². The Bertz CT molecular complexity index is 652. The number of amides is 1. The van der Waals surface area contributed by atoms with Crippen molar-refractivity contribution in [1.82, 2.24) is 14.7 Å². The van der Waals surface area contributed by atoms with Gasteiger partial charge in [0.05, 0.1) is 5.69 Å². The van der Waals surface area contributed by atoms with E-state index in [1.165, 1.54) is 0 Å². The first-order chi connectivity index (χ1) is 11.4. The van der Waals surface area contributed by atoms with Crippen LogP contribution in [-0.4, -0.2) is 43.7 Å². The van der Waals surface area contributed by atoms with Crippen LogP contribution in [-0.2, 0) is 23.1 Å². The summed E-state index contributed by atoms with van der Waals surface area (Å²) in [5, 5.41) is 13.9. The molecule has 1 aromatic heterocycles. The third kappa shape index (κ3) is 2.94. The van der Waals surface area contributed by atoms with Gasteiger partial charge in [-0.15, -0.1) is 0 Å². The van der Waals surface area contributed by atoms with Gasteiger partial charge in [0.25, 0.3) is 0 Å². The fraction of sp³-hybridized carbons (Fsp3) is 0.722. The van der Waals surface area contributed by atoms with Crippen molar-refractivity contribution >= 4 is 11.9 Å². The van der Waals surface area contributed by atoms with Crippen molar-refractivity contribution < 1.29 is 14.7 Å². The Morgan fingerprint density at radius 3 is 2.58 bits per heavy atom. The van der Waals surface area contributed by atoms with E-state index in [-0.39, 0.29) is 11.9 Å². The molecule has 0 spiro atoms. The topological polar surface area (TPSA) is 75.4 Å². The molecule has 6 heteroatoms. The molecule has 132 valence electrons. The number of carboxylic acids is 1. The average Bonchev–Trinajstić information content (AvgIpc) is 3.04. The highest BCUT2D eigenvalue weighted by Gasteiger charge is 2.47. The molecular formula is C18H27N3O3. The Hall–Kier alpha value is -1.85. The van der Waals surface area contributed by atoms with Crippen LogP contribution >= 0.6 is 0 Å². The van der Waals surface area contributed by atoms with E-state index in [9.17, 15) is 14.7 Å². The fourth-order valence-corrected chi connectivity index (χ4v) is 4.58. The van der Waals surface area contributed by atoms with Gasteiger partial charge in [0, 0.05) is 25.2 Å². The third-order valence-corrected chi connectivity index (χ3v) is 5.91. The van der Waals surface area contributed by atoms with Gasteiger partial charge in [0.1, 0.15) is 6.04 Å². The van der Waals surface area contributed by atoms with Crippen LogP contribution in [0.2, 0.25) is 0 Å². The molecule has 1 aromatic rings. The van der Waals surface area contributed by atoms with Gasteiger partial charge in [-0.1, -0.05) is 12.8 Å². The van der Waals surface area contributed by atoms with E-state index >= 15 is 0 Å². The highest BCUT2D eigenvalue weighted by Crippen LogP contribution is 2.40. The maximum absolute atomic E-state index is 12.9. The predicted octanol–water partition coefficient (Wildman–Crippen LogP) is 2.21. The zero-order valence-corrected chi connectivity index (χ0v) is 14.8. The lowest BCUT2D eigenvalue weighted by molar-refractivity contribution is -0.149. The summed E-state index contributed by atoms with van der Waals surface area (Å²) in [6.07, 6.45) is 5.87. The van der Waals surface area contributed by atoms with E-state index in [0.29, 0.717) is 25.2 Å². The van der Waals surface area contributed by atoms with Crippen LogP contribution in [0.3, 0.4) is 0 Å². The van der Waals surface area contributed by atoms with Crippen molar-refractivity contribution in [3.63, 3.8) is 0 Å². The van der Waals surface area contributed by atoms with Crippen molar-refractivity contribution in [3.05, 3.63) is 17.0 Å². The van der Waals surface area contributed by atoms with E-state index in [1.54, 1.807) is 4.90 Å². The van der Waals surface area contributed by atoms with Crippen LogP contribution in [0, 0.1) is 19.8 Å². The molecule has 24 heavy (non-hydrogen) atoms. The molecule has 0 aromatic carbocycles. The number of nitrogens with zero attached hydrogens (tertiary/aromatic N) is 3. The molecule has 0 radical (unpaired) electrons. The Labute approximate surface area is 142 Å². The van der Waals surface area contributed by atoms with Crippen LogP contribution in [0.1, 0.15) is 55.5 Å². The molecule has 1 N–H and O–H groups in total. The number of rotatable bonds is 4. The Balaban J connectivity index is 1.73. The van der Waals surface area contributed by atoms with Crippen molar-refractivity contribution in [2.75, 3.05) is 0 Å². The summed E-state index contributed by atoms with van der Waals surface area (Å²) in [6.45, 7) is 3.97. The second kappa shape index (κ2) is 6.57. The minimum absolute atomic E-state index is 0.0144. The average molecular weight is 333 g/mol. The van der Waals surface area contributed by atoms with Crippen molar-refractivity contribution in [2.45, 2.75) is 70.9 Å². The first-order valence-electron chi connectivity index (χ1n) is 8.93. The summed E-state index contributed by atoms with van der Waals surface area (Å²) in [6, 6.07) is -0.509. The number of carbonyl (C=O) groups excluding carboxylic acids is 1. The first-order valence-corrected chi connectivity index (χ1v) is 8.93. The third-order valence-electron chi connectivity index (χ3n) is 5.91. The number of carbonyl (C=O) groups is 2. The summed E-state index contributed by atoms with van der Waals surface area (Å²) in [7, 11) is 1.90. The van der Waals surface area contributed by atoms with Crippen LogP contribution in [0.4, 0.5) is 0 Å². The summed E-state index contributed by atoms with van der Waals surface area (Å²) in [5.74, 6) is -0.503. The Morgan fingerprint density at radius 2 is 1.96 bits per heavy atom. The molecule has 3 atom stereocenters. The number of hydrogen-bond acceptors (Lipinski definition) is 3. The summed E-state index contributed by atoms with van der Waals surface area (Å²) < 4.78 is 1.84. The van der Waals surface area contributed by atoms with Gasteiger partial charge < -0.3 is 10.0 Å². The van der Waals surface area contributed by atoms with E-state index in [1.807, 2.05) is 25.6 Å². The SMILES string of the molecule is Cc1nn(C)c(C)c1CCC(=O)N1[C@H](C(=O)O)C[C@@H]2CCCC[C@@H]21. The number of carboxylic acid groups (broad SMARTS) is 1. The highest BCUT2D eigenvalue weighted by atomic mass is 16.4. The summed E-state index contributed by atoms with van der Waals surface area (Å²) in [4.78, 5) is 26.2. The van der Waals surface area contributed by atoms with E-state index in [0.717, 1.165) is 42.6 Å². The number of aromatic nitrogens is 2. The molecule has 3 rings (SSSR count). The minimum Gasteiger partial charge on any atom is -0.480 e. The number of fused-ring (bicyclic) bond motifs is 1. The second-order valence-electron chi connectivity index (χ2n) is 7.28. The lowest BCUT2D eigenvalue weighted by Gasteiger charge is -2.33. The molecule has 0 unspecified atom stereocenters. The fourth-order valence-electron chi connectivity index (χ4n) is 4.58. The second-order valence-corrected chi connectivity index (χ2v) is 7.28. The zero-order valence-electron chi connectivity index (χ0n) is 14.8. The van der Waals surface area contributed by atoms with E-state index in [4.69, 9.17) is 0 Å². The molecule has 2 fully saturated rings. The molecule has 1 saturated heterocycles. The van der Waals surface area contributed by atoms with Gasteiger partial charge in [-0.25, -0.2) is 4.79 Å². The van der Waals surface area contributed by atoms with Gasteiger partial charge in [-0.3, -0.25) is 9.48 Å². The summed E-state index contributed by atoms with van der Waals surface area (Å²) in [5.41, 5.74) is 3.14. The highest BCUT2D eigenvalue weighted by molar-refractivity contribution is 5.85. The van der Waals surface area contributed by atoms with Gasteiger partial charge in [-0.2, -0.15) is 5.10 Å². The molecule has 2 aliphatic rings. The maximum atomic E-state index is 12.9. The maximum Gasteiger partial charge on any atom is 0.326 e. The standard InChI is InChI=1S/C18H27N3O3/c1-11-14(12(2)20(3)19-11)8-9-17(22)21-15-7-5-4-6-13(15)10-16(21)18(23)24/h13,15-16H,4-10H2,1-3H3,(H,23,24)/t13-,15-,16-/m0/s1. The zero-order chi connectivity index (χ0) is 17.4. The number of aryl methyl sites for hydroxylation is 2.